The van der Waals surface area contributed by atoms with Crippen LogP contribution in [0.4, 0.5) is 4.79 Å². The van der Waals surface area contributed by atoms with Crippen LogP contribution in [0.5, 0.6) is 5.75 Å². The second-order valence-corrected chi connectivity index (χ2v) is 7.33. The molecule has 7 nitrogen and oxygen atoms in total. The first-order valence-corrected chi connectivity index (χ1v) is 10.0. The number of amides is 2. The van der Waals surface area contributed by atoms with E-state index < -0.39 is 0 Å². The van der Waals surface area contributed by atoms with Crippen LogP contribution >= 0.6 is 0 Å². The summed E-state index contributed by atoms with van der Waals surface area (Å²) >= 11 is 0. The van der Waals surface area contributed by atoms with Crippen molar-refractivity contribution in [3.05, 3.63) is 42.2 Å². The molecule has 1 N–H and O–H groups in total. The highest BCUT2D eigenvalue weighted by atomic mass is 16.5. The van der Waals surface area contributed by atoms with E-state index in [2.05, 4.69) is 15.3 Å². The van der Waals surface area contributed by atoms with Gasteiger partial charge in [0.05, 0.1) is 19.0 Å². The Morgan fingerprint density at radius 2 is 2.04 bits per heavy atom. The molecule has 0 unspecified atom stereocenters. The Kier molecular flexibility index (Phi) is 7.31. The van der Waals surface area contributed by atoms with Gasteiger partial charge in [-0.05, 0) is 38.1 Å². The second kappa shape index (κ2) is 10.1. The summed E-state index contributed by atoms with van der Waals surface area (Å²) in [4.78, 5) is 16.6. The summed E-state index contributed by atoms with van der Waals surface area (Å²) in [6.45, 7) is 4.45. The lowest BCUT2D eigenvalue weighted by atomic mass is 10.2. The smallest absolute Gasteiger partial charge is 0.317 e. The molecule has 3 rings (SSSR count). The number of likely N-dealkylation sites (tertiary alicyclic amines) is 1. The number of hydrogen-bond donors (Lipinski definition) is 1. The fourth-order valence-electron chi connectivity index (χ4n) is 3.41. The Morgan fingerprint density at radius 3 is 2.79 bits per heavy atom. The third kappa shape index (κ3) is 5.73. The van der Waals surface area contributed by atoms with Gasteiger partial charge in [-0.15, -0.1) is 0 Å². The molecule has 2 heterocycles. The number of hydrogen-bond acceptors (Lipinski definition) is 4. The van der Waals surface area contributed by atoms with Gasteiger partial charge in [0, 0.05) is 44.5 Å². The zero-order valence-electron chi connectivity index (χ0n) is 16.9. The average molecular weight is 386 g/mol. The lowest BCUT2D eigenvalue weighted by molar-refractivity contribution is 0.195. The summed E-state index contributed by atoms with van der Waals surface area (Å²) in [5.41, 5.74) is 1.88. The predicted octanol–water partition coefficient (Wildman–Crippen LogP) is 2.90. The molecular weight excluding hydrogens is 354 g/mol. The predicted molar refractivity (Wildman–Crippen MR) is 110 cm³/mol. The van der Waals surface area contributed by atoms with Crippen LogP contribution in [0.3, 0.4) is 0 Å². The zero-order chi connectivity index (χ0) is 19.8. The Hall–Kier alpha value is -2.54. The summed E-state index contributed by atoms with van der Waals surface area (Å²) < 4.78 is 7.04. The van der Waals surface area contributed by atoms with Crippen LogP contribution in [0.15, 0.2) is 36.7 Å². The van der Waals surface area contributed by atoms with Gasteiger partial charge >= 0.3 is 6.03 Å². The van der Waals surface area contributed by atoms with Gasteiger partial charge in [0.2, 0.25) is 0 Å². The maximum Gasteiger partial charge on any atom is 0.317 e. The Balaban J connectivity index is 1.45. The molecule has 2 amide bonds. The highest BCUT2D eigenvalue weighted by Gasteiger charge is 2.13. The van der Waals surface area contributed by atoms with Gasteiger partial charge in [0.25, 0.3) is 0 Å². The fourth-order valence-corrected chi connectivity index (χ4v) is 3.41. The largest absolute Gasteiger partial charge is 0.497 e. The minimum absolute atomic E-state index is 0.0519. The number of rotatable bonds is 7. The van der Waals surface area contributed by atoms with Gasteiger partial charge in [-0.25, -0.2) is 9.48 Å². The van der Waals surface area contributed by atoms with Crippen molar-refractivity contribution in [1.29, 1.82) is 0 Å². The van der Waals surface area contributed by atoms with Crippen LogP contribution in [0.1, 0.15) is 31.2 Å². The van der Waals surface area contributed by atoms with Crippen LogP contribution in [-0.4, -0.2) is 65.9 Å². The van der Waals surface area contributed by atoms with Crippen LogP contribution in [-0.2, 0) is 6.54 Å². The lowest BCUT2D eigenvalue weighted by Gasteiger charge is -2.24. The third-order valence-corrected chi connectivity index (χ3v) is 5.19. The maximum absolute atomic E-state index is 12.4. The normalized spacial score (nSPS) is 15.1. The molecule has 1 aliphatic rings. The minimum atomic E-state index is -0.0519. The number of methoxy groups -OCH3 is 1. The average Bonchev–Trinajstić information content (AvgIpc) is 3.05. The van der Waals surface area contributed by atoms with Crippen molar-refractivity contribution in [1.82, 2.24) is 24.9 Å². The molecule has 1 aromatic carbocycles. The molecule has 0 atom stereocenters. The molecule has 28 heavy (non-hydrogen) atoms. The molecule has 1 fully saturated rings. The molecule has 1 aromatic heterocycles. The first kappa shape index (κ1) is 20.2. The highest BCUT2D eigenvalue weighted by Crippen LogP contribution is 2.16. The van der Waals surface area contributed by atoms with Gasteiger partial charge in [-0.3, -0.25) is 0 Å². The third-order valence-electron chi connectivity index (χ3n) is 5.19. The summed E-state index contributed by atoms with van der Waals surface area (Å²) in [6, 6.07) is 7.66. The van der Waals surface area contributed by atoms with Crippen LogP contribution in [0.2, 0.25) is 0 Å². The van der Waals surface area contributed by atoms with E-state index in [9.17, 15) is 4.79 Å². The number of carbonyl (C=O) groups is 1. The van der Waals surface area contributed by atoms with E-state index in [4.69, 9.17) is 4.74 Å². The quantitative estimate of drug-likeness (QED) is 0.796. The van der Waals surface area contributed by atoms with E-state index >= 15 is 0 Å². The number of nitrogens with one attached hydrogen (secondary N) is 1. The van der Waals surface area contributed by atoms with Crippen molar-refractivity contribution in [3.63, 3.8) is 0 Å². The molecule has 152 valence electrons. The molecule has 0 spiro atoms. The van der Waals surface area contributed by atoms with E-state index in [1.807, 2.05) is 37.5 Å². The van der Waals surface area contributed by atoms with Gasteiger partial charge in [-0.1, -0.05) is 18.9 Å². The van der Waals surface area contributed by atoms with Gasteiger partial charge in [0.15, 0.2) is 0 Å². The van der Waals surface area contributed by atoms with Crippen molar-refractivity contribution in [3.8, 4) is 11.4 Å². The minimum Gasteiger partial charge on any atom is -0.497 e. The number of aromatic nitrogens is 2. The second-order valence-electron chi connectivity index (χ2n) is 7.33. The van der Waals surface area contributed by atoms with E-state index in [0.29, 0.717) is 6.54 Å². The Morgan fingerprint density at radius 1 is 1.25 bits per heavy atom. The van der Waals surface area contributed by atoms with Gasteiger partial charge in [0.1, 0.15) is 5.75 Å². The van der Waals surface area contributed by atoms with Gasteiger partial charge < -0.3 is 19.9 Å². The van der Waals surface area contributed by atoms with Crippen molar-refractivity contribution < 1.29 is 9.53 Å². The first-order chi connectivity index (χ1) is 13.7. The molecule has 1 aliphatic heterocycles. The van der Waals surface area contributed by atoms with Crippen molar-refractivity contribution >= 4 is 6.03 Å². The Labute approximate surface area is 167 Å². The molecular formula is C21H31N5O2. The van der Waals surface area contributed by atoms with E-state index in [1.54, 1.807) is 22.9 Å². The van der Waals surface area contributed by atoms with Crippen LogP contribution < -0.4 is 10.1 Å². The summed E-state index contributed by atoms with van der Waals surface area (Å²) in [7, 11) is 3.50. The standard InChI is InChI=1S/C21H31N5O2/c1-24(12-13-25-10-5-3-4-6-11-25)21(27)22-15-18-16-23-26(17-18)19-8-7-9-20(14-19)28-2/h7-9,14,16-17H,3-6,10-13,15H2,1-2H3,(H,22,27). The maximum atomic E-state index is 12.4. The molecule has 7 heteroatoms. The highest BCUT2D eigenvalue weighted by molar-refractivity contribution is 5.73. The lowest BCUT2D eigenvalue weighted by Crippen LogP contribution is -2.41. The number of benzene rings is 1. The van der Waals surface area contributed by atoms with Crippen molar-refractivity contribution in [2.45, 2.75) is 32.2 Å². The molecule has 2 aromatic rings. The number of carbonyl (C=O) groups excluding carboxylic acids is 1. The number of urea groups is 1. The SMILES string of the molecule is COc1cccc(-n2cc(CNC(=O)N(C)CCN3CCCCCC3)cn2)c1. The van der Waals surface area contributed by atoms with Crippen LogP contribution in [0.25, 0.3) is 5.69 Å². The van der Waals surface area contributed by atoms with E-state index in [-0.39, 0.29) is 6.03 Å². The number of likely N-dealkylation sites (N-methyl/N-ethyl adjacent to an activating group) is 1. The molecule has 0 aliphatic carbocycles. The van der Waals surface area contributed by atoms with Crippen molar-refractivity contribution in [2.24, 2.45) is 0 Å². The van der Waals surface area contributed by atoms with E-state index in [1.165, 1.54) is 25.7 Å². The summed E-state index contributed by atoms with van der Waals surface area (Å²) in [6.07, 6.45) is 8.90. The number of ether oxygens (including phenoxy) is 1. The van der Waals surface area contributed by atoms with Crippen LogP contribution in [0, 0.1) is 0 Å². The summed E-state index contributed by atoms with van der Waals surface area (Å²) in [5.74, 6) is 0.786. The Bertz CT molecular complexity index is 753. The number of nitrogens with zero attached hydrogens (tertiary/aromatic N) is 4. The fraction of sp³-hybridized carbons (Fsp3) is 0.524. The van der Waals surface area contributed by atoms with Crippen molar-refractivity contribution in [2.75, 3.05) is 40.3 Å². The van der Waals surface area contributed by atoms with Gasteiger partial charge in [-0.2, -0.15) is 5.10 Å². The molecule has 1 saturated heterocycles. The summed E-state index contributed by atoms with van der Waals surface area (Å²) in [5, 5.41) is 7.36. The molecule has 0 saturated carbocycles. The first-order valence-electron chi connectivity index (χ1n) is 10.0. The van der Waals surface area contributed by atoms with E-state index in [0.717, 1.165) is 43.2 Å². The topological polar surface area (TPSA) is 62.6 Å². The molecule has 0 bridgehead atoms. The zero-order valence-corrected chi connectivity index (χ0v) is 16.9. The monoisotopic (exact) mass is 385 g/mol. The molecule has 0 radical (unpaired) electrons.